The van der Waals surface area contributed by atoms with Gasteiger partial charge in [-0.1, -0.05) is 0 Å². The number of nitrogens with zero attached hydrogens (tertiary/aromatic N) is 3. The number of fused-ring (bicyclic) bond motifs is 1. The van der Waals surface area contributed by atoms with Crippen molar-refractivity contribution in [2.24, 2.45) is 0 Å². The normalized spacial score (nSPS) is 10.3. The van der Waals surface area contributed by atoms with Crippen LogP contribution in [0.3, 0.4) is 0 Å². The summed E-state index contributed by atoms with van der Waals surface area (Å²) in [6, 6.07) is 1.98. The Morgan fingerprint density at radius 2 is 2.23 bits per heavy atom. The molecule has 0 atom stereocenters. The molecule has 13 heavy (non-hydrogen) atoms. The highest BCUT2D eigenvalue weighted by Gasteiger charge is 2.02. The van der Waals surface area contributed by atoms with Crippen LogP contribution >= 0.6 is 0 Å². The van der Waals surface area contributed by atoms with Gasteiger partial charge in [0.15, 0.2) is 5.65 Å². The number of anilines is 1. The van der Waals surface area contributed by atoms with Crippen LogP contribution in [-0.4, -0.2) is 22.0 Å². The van der Waals surface area contributed by atoms with Crippen LogP contribution in [0.25, 0.3) is 11.0 Å². The molecular formula is C9H10N4. The zero-order valence-corrected chi connectivity index (χ0v) is 7.57. The molecule has 0 aliphatic rings. The number of aromatic nitrogens is 3. The number of aryl methyl sites for hydroxylation is 1. The van der Waals surface area contributed by atoms with Crippen LogP contribution in [0.5, 0.6) is 0 Å². The quantitative estimate of drug-likeness (QED) is 0.709. The van der Waals surface area contributed by atoms with Gasteiger partial charge in [0, 0.05) is 24.6 Å². The average molecular weight is 174 g/mol. The van der Waals surface area contributed by atoms with Crippen LogP contribution in [0, 0.1) is 6.92 Å². The summed E-state index contributed by atoms with van der Waals surface area (Å²) in [5, 5.41) is 4.05. The summed E-state index contributed by atoms with van der Waals surface area (Å²) < 4.78 is 0. The molecule has 2 aromatic heterocycles. The standard InChI is InChI=1S/C9H10N4/c1-6-3-8(10-2)7-4-11-5-12-9(7)13-6/h3-5H,1-2H3,(H,10,11,12,13). The third-order valence-electron chi connectivity index (χ3n) is 1.89. The molecule has 2 aromatic rings. The Morgan fingerprint density at radius 1 is 1.38 bits per heavy atom. The number of hydrogen-bond donors (Lipinski definition) is 1. The fraction of sp³-hybridized carbons (Fsp3) is 0.222. The molecule has 0 saturated carbocycles. The van der Waals surface area contributed by atoms with E-state index in [1.165, 1.54) is 6.33 Å². The van der Waals surface area contributed by atoms with E-state index in [9.17, 15) is 0 Å². The van der Waals surface area contributed by atoms with Crippen molar-refractivity contribution in [1.29, 1.82) is 0 Å². The molecule has 0 radical (unpaired) electrons. The van der Waals surface area contributed by atoms with E-state index in [0.717, 1.165) is 22.4 Å². The first kappa shape index (κ1) is 7.91. The largest absolute Gasteiger partial charge is 0.387 e. The second kappa shape index (κ2) is 2.97. The first-order chi connectivity index (χ1) is 6.31. The summed E-state index contributed by atoms with van der Waals surface area (Å²) in [6.45, 7) is 1.95. The lowest BCUT2D eigenvalue weighted by molar-refractivity contribution is 1.15. The van der Waals surface area contributed by atoms with Gasteiger partial charge < -0.3 is 5.32 Å². The Labute approximate surface area is 76.1 Å². The number of rotatable bonds is 1. The van der Waals surface area contributed by atoms with Crippen LogP contribution in [0.4, 0.5) is 5.69 Å². The Hall–Kier alpha value is -1.71. The maximum absolute atomic E-state index is 4.29. The molecule has 0 fully saturated rings. The van der Waals surface area contributed by atoms with Gasteiger partial charge in [0.1, 0.15) is 6.33 Å². The minimum absolute atomic E-state index is 0.736. The molecule has 1 N–H and O–H groups in total. The first-order valence-electron chi connectivity index (χ1n) is 4.06. The molecule has 4 nitrogen and oxygen atoms in total. The topological polar surface area (TPSA) is 50.7 Å². The minimum atomic E-state index is 0.736. The zero-order valence-electron chi connectivity index (χ0n) is 7.57. The Bertz CT molecular complexity index is 439. The molecular weight excluding hydrogens is 164 g/mol. The summed E-state index contributed by atoms with van der Waals surface area (Å²) in [4.78, 5) is 12.3. The highest BCUT2D eigenvalue weighted by atomic mass is 14.9. The van der Waals surface area contributed by atoms with Crippen LogP contribution in [0.1, 0.15) is 5.69 Å². The predicted molar refractivity (Wildman–Crippen MR) is 51.6 cm³/mol. The molecule has 0 spiro atoms. The smallest absolute Gasteiger partial charge is 0.164 e. The second-order valence-corrected chi connectivity index (χ2v) is 2.82. The molecule has 66 valence electrons. The lowest BCUT2D eigenvalue weighted by atomic mass is 10.2. The van der Waals surface area contributed by atoms with Crippen molar-refractivity contribution >= 4 is 16.7 Å². The molecule has 2 rings (SSSR count). The third-order valence-corrected chi connectivity index (χ3v) is 1.89. The summed E-state index contributed by atoms with van der Waals surface area (Å²) in [5.41, 5.74) is 2.71. The number of pyridine rings is 1. The lowest BCUT2D eigenvalue weighted by Gasteiger charge is -2.04. The predicted octanol–water partition coefficient (Wildman–Crippen LogP) is 1.37. The van der Waals surface area contributed by atoms with Gasteiger partial charge in [-0.15, -0.1) is 0 Å². The lowest BCUT2D eigenvalue weighted by Crippen LogP contribution is -1.95. The van der Waals surface area contributed by atoms with E-state index in [2.05, 4.69) is 20.3 Å². The summed E-state index contributed by atoms with van der Waals surface area (Å²) in [5.74, 6) is 0. The molecule has 0 amide bonds. The van der Waals surface area contributed by atoms with E-state index in [1.54, 1.807) is 6.20 Å². The molecule has 0 saturated heterocycles. The minimum Gasteiger partial charge on any atom is -0.387 e. The Balaban J connectivity index is 2.81. The van der Waals surface area contributed by atoms with E-state index in [4.69, 9.17) is 0 Å². The van der Waals surface area contributed by atoms with Crippen molar-refractivity contribution in [2.75, 3.05) is 12.4 Å². The van der Waals surface area contributed by atoms with Crippen LogP contribution in [0.15, 0.2) is 18.6 Å². The molecule has 4 heteroatoms. The molecule has 2 heterocycles. The van der Waals surface area contributed by atoms with Crippen molar-refractivity contribution in [3.05, 3.63) is 24.3 Å². The molecule has 0 aliphatic carbocycles. The van der Waals surface area contributed by atoms with Gasteiger partial charge in [-0.05, 0) is 13.0 Å². The summed E-state index contributed by atoms with van der Waals surface area (Å²) in [7, 11) is 1.88. The van der Waals surface area contributed by atoms with Crippen molar-refractivity contribution in [3.63, 3.8) is 0 Å². The highest BCUT2D eigenvalue weighted by molar-refractivity contribution is 5.87. The second-order valence-electron chi connectivity index (χ2n) is 2.82. The number of hydrogen-bond acceptors (Lipinski definition) is 4. The molecule has 0 bridgehead atoms. The van der Waals surface area contributed by atoms with Crippen molar-refractivity contribution in [2.45, 2.75) is 6.92 Å². The fourth-order valence-electron chi connectivity index (χ4n) is 1.30. The third kappa shape index (κ3) is 1.30. The van der Waals surface area contributed by atoms with Gasteiger partial charge in [0.25, 0.3) is 0 Å². The first-order valence-corrected chi connectivity index (χ1v) is 4.06. The highest BCUT2D eigenvalue weighted by Crippen LogP contribution is 2.19. The van der Waals surface area contributed by atoms with Gasteiger partial charge in [0.2, 0.25) is 0 Å². The van der Waals surface area contributed by atoms with Crippen molar-refractivity contribution < 1.29 is 0 Å². The average Bonchev–Trinajstić information content (AvgIpc) is 2.16. The van der Waals surface area contributed by atoms with E-state index in [1.807, 2.05) is 20.0 Å². The van der Waals surface area contributed by atoms with Gasteiger partial charge in [-0.2, -0.15) is 0 Å². The van der Waals surface area contributed by atoms with Crippen LogP contribution in [0.2, 0.25) is 0 Å². The monoisotopic (exact) mass is 174 g/mol. The SMILES string of the molecule is CNc1cc(C)nc2ncncc12. The molecule has 0 unspecified atom stereocenters. The van der Waals surface area contributed by atoms with E-state index in [0.29, 0.717) is 0 Å². The van der Waals surface area contributed by atoms with Gasteiger partial charge >= 0.3 is 0 Å². The number of nitrogens with one attached hydrogen (secondary N) is 1. The van der Waals surface area contributed by atoms with Gasteiger partial charge in [0.05, 0.1) is 5.39 Å². The Kier molecular flexibility index (Phi) is 1.81. The van der Waals surface area contributed by atoms with Gasteiger partial charge in [-0.25, -0.2) is 15.0 Å². The summed E-state index contributed by atoms with van der Waals surface area (Å²) >= 11 is 0. The van der Waals surface area contributed by atoms with Crippen LogP contribution in [-0.2, 0) is 0 Å². The molecule has 0 aromatic carbocycles. The van der Waals surface area contributed by atoms with E-state index >= 15 is 0 Å². The van der Waals surface area contributed by atoms with Crippen molar-refractivity contribution in [3.8, 4) is 0 Å². The molecule has 0 aliphatic heterocycles. The van der Waals surface area contributed by atoms with Crippen molar-refractivity contribution in [1.82, 2.24) is 15.0 Å². The van der Waals surface area contributed by atoms with Gasteiger partial charge in [-0.3, -0.25) is 0 Å². The van der Waals surface area contributed by atoms with E-state index in [-0.39, 0.29) is 0 Å². The fourth-order valence-corrected chi connectivity index (χ4v) is 1.30. The van der Waals surface area contributed by atoms with Crippen LogP contribution < -0.4 is 5.32 Å². The van der Waals surface area contributed by atoms with E-state index < -0.39 is 0 Å². The summed E-state index contributed by atoms with van der Waals surface area (Å²) in [6.07, 6.45) is 3.27. The maximum atomic E-state index is 4.29. The Morgan fingerprint density at radius 3 is 3.00 bits per heavy atom. The maximum Gasteiger partial charge on any atom is 0.164 e. The zero-order chi connectivity index (χ0) is 9.26.